The van der Waals surface area contributed by atoms with Crippen molar-refractivity contribution in [3.05, 3.63) is 41.7 Å². The smallest absolute Gasteiger partial charge is 0.414 e. The van der Waals surface area contributed by atoms with Gasteiger partial charge in [0.2, 0.25) is 5.65 Å². The number of carbonyl (C=O) groups excluding carboxylic acids is 1. The largest absolute Gasteiger partial charge is 0.422 e. The highest BCUT2D eigenvalue weighted by molar-refractivity contribution is 5.94. The van der Waals surface area contributed by atoms with Gasteiger partial charge in [-0.25, -0.2) is 9.97 Å². The fourth-order valence-corrected chi connectivity index (χ4v) is 4.10. The van der Waals surface area contributed by atoms with Crippen LogP contribution in [0.25, 0.3) is 11.2 Å². The van der Waals surface area contributed by atoms with Crippen LogP contribution < -0.4 is 9.80 Å². The number of hydrogen-bond donors (Lipinski definition) is 0. The van der Waals surface area contributed by atoms with Gasteiger partial charge >= 0.3 is 6.18 Å². The van der Waals surface area contributed by atoms with Crippen molar-refractivity contribution in [2.75, 3.05) is 49.1 Å². The number of amides is 1. The third-order valence-electron chi connectivity index (χ3n) is 6.24. The van der Waals surface area contributed by atoms with Crippen LogP contribution in [0.1, 0.15) is 23.0 Å². The van der Waals surface area contributed by atoms with Crippen molar-refractivity contribution in [2.24, 2.45) is 0 Å². The summed E-state index contributed by atoms with van der Waals surface area (Å²) in [5, 5.41) is 0. The Morgan fingerprint density at radius 1 is 1.09 bits per heavy atom. The van der Waals surface area contributed by atoms with Gasteiger partial charge < -0.3 is 23.9 Å². The molecule has 1 amide bonds. The van der Waals surface area contributed by atoms with Gasteiger partial charge in [0.25, 0.3) is 11.9 Å². The van der Waals surface area contributed by atoms with E-state index in [0.717, 1.165) is 12.6 Å². The summed E-state index contributed by atoms with van der Waals surface area (Å²) >= 11 is 0. The number of ether oxygens (including phenoxy) is 1. The first-order valence-corrected chi connectivity index (χ1v) is 11.4. The quantitative estimate of drug-likeness (QED) is 0.540. The molecule has 0 spiro atoms. The minimum absolute atomic E-state index is 0.123. The highest BCUT2D eigenvalue weighted by Gasteiger charge is 2.41. The Balaban J connectivity index is 1.13. The number of piperazine rings is 1. The van der Waals surface area contributed by atoms with E-state index in [9.17, 15) is 18.0 Å². The van der Waals surface area contributed by atoms with E-state index in [2.05, 4.69) is 15.0 Å². The molecule has 2 saturated heterocycles. The van der Waals surface area contributed by atoms with Gasteiger partial charge in [0.05, 0.1) is 11.7 Å². The lowest BCUT2D eigenvalue weighted by atomic mass is 10.1. The minimum Gasteiger partial charge on any atom is -0.422 e. The molecule has 3 aromatic heterocycles. The molecule has 1 unspecified atom stereocenters. The number of nitrogens with zero attached hydrogens (tertiary/aromatic N) is 6. The van der Waals surface area contributed by atoms with E-state index in [4.69, 9.17) is 9.15 Å². The maximum atomic E-state index is 12.9. The number of aromatic nitrogens is 3. The molecule has 0 N–H and O–H groups in total. The summed E-state index contributed by atoms with van der Waals surface area (Å²) < 4.78 is 48.7. The van der Waals surface area contributed by atoms with Crippen LogP contribution in [-0.2, 0) is 4.74 Å². The second-order valence-corrected chi connectivity index (χ2v) is 8.80. The summed E-state index contributed by atoms with van der Waals surface area (Å²) in [6.07, 6.45) is -5.16. The fourth-order valence-electron chi connectivity index (χ4n) is 4.10. The third-order valence-corrected chi connectivity index (χ3v) is 6.24. The number of pyridine rings is 2. The first-order chi connectivity index (χ1) is 16.7. The van der Waals surface area contributed by atoms with E-state index in [1.54, 1.807) is 17.0 Å². The molecule has 2 fully saturated rings. The molecule has 2 aliphatic heterocycles. The number of fused-ring (bicyclic) bond motifs is 1. The first-order valence-electron chi connectivity index (χ1n) is 11.4. The normalized spacial score (nSPS) is 18.1. The second-order valence-electron chi connectivity index (χ2n) is 8.80. The van der Waals surface area contributed by atoms with Crippen LogP contribution in [0, 0.1) is 6.92 Å². The van der Waals surface area contributed by atoms with Crippen LogP contribution in [-0.4, -0.2) is 83.4 Å². The Labute approximate surface area is 199 Å². The van der Waals surface area contributed by atoms with Crippen molar-refractivity contribution in [3.63, 3.8) is 0 Å². The third kappa shape index (κ3) is 4.88. The van der Waals surface area contributed by atoms with Crippen molar-refractivity contribution in [3.8, 4) is 0 Å². The molecule has 1 atom stereocenters. The lowest BCUT2D eigenvalue weighted by molar-refractivity contribution is -0.228. The number of hydrogen-bond acceptors (Lipinski definition) is 8. The summed E-state index contributed by atoms with van der Waals surface area (Å²) in [5.74, 6) is 0.480. The highest BCUT2D eigenvalue weighted by Crippen LogP contribution is 2.28. The number of alkyl halides is 3. The maximum Gasteiger partial charge on any atom is 0.414 e. The molecular formula is C23H25F3N6O3. The molecule has 0 aromatic carbocycles. The van der Waals surface area contributed by atoms with E-state index in [1.807, 2.05) is 28.9 Å². The molecule has 3 aromatic rings. The summed E-state index contributed by atoms with van der Waals surface area (Å²) in [6.45, 7) is 5.73. The fraction of sp³-hybridized carbons (Fsp3) is 0.478. The van der Waals surface area contributed by atoms with Crippen LogP contribution in [0.5, 0.6) is 0 Å². The Morgan fingerprint density at radius 2 is 1.83 bits per heavy atom. The van der Waals surface area contributed by atoms with Gasteiger partial charge in [-0.3, -0.25) is 4.79 Å². The molecule has 35 heavy (non-hydrogen) atoms. The molecule has 2 aliphatic rings. The van der Waals surface area contributed by atoms with Crippen LogP contribution in [0.2, 0.25) is 0 Å². The second kappa shape index (κ2) is 8.99. The molecule has 0 aliphatic carbocycles. The standard InChI is InChI=1S/C23H25F3N6O3/c1-14-3-5-18-20(28-14)29-22(35-18)31-9-7-30(8-10-31)21(33)16-4-6-19(27-11-16)32-12-17(13-32)34-15(2)23(24,25)26/h3-6,11,15,17H,7-10,12-13H2,1-2H3. The van der Waals surface area contributed by atoms with Crippen molar-refractivity contribution < 1.29 is 27.1 Å². The zero-order valence-corrected chi connectivity index (χ0v) is 19.3. The van der Waals surface area contributed by atoms with Crippen LogP contribution in [0.15, 0.2) is 34.9 Å². The van der Waals surface area contributed by atoms with Gasteiger partial charge in [0, 0.05) is 51.2 Å². The van der Waals surface area contributed by atoms with E-state index >= 15 is 0 Å². The summed E-state index contributed by atoms with van der Waals surface area (Å²) in [7, 11) is 0. The van der Waals surface area contributed by atoms with Gasteiger partial charge in [0.15, 0.2) is 11.7 Å². The average Bonchev–Trinajstić information content (AvgIpc) is 3.23. The highest BCUT2D eigenvalue weighted by atomic mass is 19.4. The van der Waals surface area contributed by atoms with E-state index in [1.165, 1.54) is 6.20 Å². The van der Waals surface area contributed by atoms with E-state index in [0.29, 0.717) is 67.9 Å². The number of aryl methyl sites for hydroxylation is 1. The number of anilines is 2. The molecule has 5 heterocycles. The Kier molecular flexibility index (Phi) is 5.99. The molecule has 0 bridgehead atoms. The zero-order valence-electron chi connectivity index (χ0n) is 19.3. The molecule has 0 saturated carbocycles. The number of rotatable bonds is 5. The Morgan fingerprint density at radius 3 is 2.49 bits per heavy atom. The lowest BCUT2D eigenvalue weighted by Gasteiger charge is -2.41. The summed E-state index contributed by atoms with van der Waals surface area (Å²) in [6, 6.07) is 7.62. The predicted molar refractivity (Wildman–Crippen MR) is 121 cm³/mol. The molecule has 186 valence electrons. The summed E-state index contributed by atoms with van der Waals surface area (Å²) in [5.41, 5.74) is 2.53. The monoisotopic (exact) mass is 490 g/mol. The Bertz CT molecular complexity index is 1200. The molecule has 5 rings (SSSR count). The topological polar surface area (TPSA) is 87.8 Å². The number of oxazole rings is 1. The van der Waals surface area contributed by atoms with E-state index < -0.39 is 18.4 Å². The first kappa shape index (κ1) is 23.3. The predicted octanol–water partition coefficient (Wildman–Crippen LogP) is 3.04. The maximum absolute atomic E-state index is 12.9. The van der Waals surface area contributed by atoms with Crippen molar-refractivity contribution >= 4 is 29.0 Å². The van der Waals surface area contributed by atoms with Crippen molar-refractivity contribution in [2.45, 2.75) is 32.2 Å². The number of carbonyl (C=O) groups is 1. The van der Waals surface area contributed by atoms with Gasteiger partial charge in [-0.05, 0) is 38.1 Å². The molecule has 12 heteroatoms. The lowest BCUT2D eigenvalue weighted by Crippen LogP contribution is -2.54. The molecule has 9 nitrogen and oxygen atoms in total. The van der Waals surface area contributed by atoms with Crippen LogP contribution in [0.4, 0.5) is 25.0 Å². The van der Waals surface area contributed by atoms with Gasteiger partial charge in [-0.15, -0.1) is 0 Å². The van der Waals surface area contributed by atoms with Crippen molar-refractivity contribution in [1.29, 1.82) is 0 Å². The molecular weight excluding hydrogens is 465 g/mol. The SMILES string of the molecule is Cc1ccc2oc(N3CCN(C(=O)c4ccc(N5CC(OC(C)C(F)(F)F)C5)nc4)CC3)nc2n1. The molecule has 0 radical (unpaired) electrons. The van der Waals surface area contributed by atoms with Gasteiger partial charge in [-0.1, -0.05) is 0 Å². The average molecular weight is 490 g/mol. The Hall–Kier alpha value is -3.41. The van der Waals surface area contributed by atoms with Crippen LogP contribution in [0.3, 0.4) is 0 Å². The summed E-state index contributed by atoms with van der Waals surface area (Å²) in [4.78, 5) is 31.7. The van der Waals surface area contributed by atoms with E-state index in [-0.39, 0.29) is 5.91 Å². The number of halogens is 3. The van der Waals surface area contributed by atoms with Crippen molar-refractivity contribution in [1.82, 2.24) is 19.9 Å². The minimum atomic E-state index is -4.37. The van der Waals surface area contributed by atoms with Gasteiger partial charge in [0.1, 0.15) is 5.82 Å². The van der Waals surface area contributed by atoms with Crippen LogP contribution >= 0.6 is 0 Å². The van der Waals surface area contributed by atoms with Gasteiger partial charge in [-0.2, -0.15) is 18.2 Å². The zero-order chi connectivity index (χ0) is 24.7.